The van der Waals surface area contributed by atoms with Crippen molar-refractivity contribution in [2.45, 2.75) is 13.1 Å². The first-order chi connectivity index (χ1) is 12.7. The number of imidazole rings is 1. The number of pyridine rings is 1. The molecule has 0 fully saturated rings. The van der Waals surface area contributed by atoms with Gasteiger partial charge in [-0.3, -0.25) is 10.1 Å². The first kappa shape index (κ1) is 16.0. The van der Waals surface area contributed by atoms with Crippen LogP contribution in [0, 0.1) is 10.1 Å². The Morgan fingerprint density at radius 2 is 1.69 bits per heavy atom. The number of hydrogen-bond acceptors (Lipinski definition) is 3. The van der Waals surface area contributed by atoms with Gasteiger partial charge in [0.05, 0.1) is 16.0 Å². The van der Waals surface area contributed by atoms with Crippen LogP contribution in [-0.2, 0) is 13.1 Å². The number of nitro benzene ring substituents is 1. The molecule has 0 aliphatic rings. The van der Waals surface area contributed by atoms with Crippen LogP contribution in [0.4, 0.5) is 5.69 Å². The van der Waals surface area contributed by atoms with Gasteiger partial charge in [0, 0.05) is 30.8 Å². The maximum Gasteiger partial charge on any atom is 0.269 e. The zero-order valence-corrected chi connectivity index (χ0v) is 14.0. The number of hydrogen-bond donors (Lipinski definition) is 0. The monoisotopic (exact) mass is 345 g/mol. The molecular formula is C20H17N4O2+. The highest BCUT2D eigenvalue weighted by Crippen LogP contribution is 2.19. The maximum absolute atomic E-state index is 10.8. The number of nitro groups is 1. The molecule has 0 radical (unpaired) electrons. The summed E-state index contributed by atoms with van der Waals surface area (Å²) in [5.74, 6) is 0.945. The van der Waals surface area contributed by atoms with Crippen LogP contribution < -0.4 is 4.57 Å². The maximum atomic E-state index is 10.8. The normalized spacial score (nSPS) is 10.9. The Kier molecular flexibility index (Phi) is 4.15. The molecule has 0 amide bonds. The quantitative estimate of drug-likeness (QED) is 0.317. The van der Waals surface area contributed by atoms with Gasteiger partial charge in [-0.05, 0) is 17.7 Å². The van der Waals surface area contributed by atoms with Crippen molar-refractivity contribution in [3.63, 3.8) is 0 Å². The van der Waals surface area contributed by atoms with Crippen molar-refractivity contribution in [3.8, 4) is 0 Å². The average molecular weight is 345 g/mol. The molecule has 0 unspecified atom stereocenters. The van der Waals surface area contributed by atoms with Crippen LogP contribution in [0.1, 0.15) is 11.4 Å². The van der Waals surface area contributed by atoms with Crippen LogP contribution in [0.5, 0.6) is 0 Å². The van der Waals surface area contributed by atoms with E-state index in [-0.39, 0.29) is 10.6 Å². The highest BCUT2D eigenvalue weighted by atomic mass is 16.6. The van der Waals surface area contributed by atoms with Crippen LogP contribution in [0.3, 0.4) is 0 Å². The van der Waals surface area contributed by atoms with Gasteiger partial charge in [0.15, 0.2) is 18.2 Å². The molecule has 2 aromatic heterocycles. The van der Waals surface area contributed by atoms with Crippen LogP contribution >= 0.6 is 0 Å². The lowest BCUT2D eigenvalue weighted by molar-refractivity contribution is -0.689. The molecule has 4 rings (SSSR count). The first-order valence-electron chi connectivity index (χ1n) is 8.32. The molecule has 0 aliphatic heterocycles. The average Bonchev–Trinajstić information content (AvgIpc) is 3.00. The van der Waals surface area contributed by atoms with Gasteiger partial charge < -0.3 is 4.57 Å². The Morgan fingerprint density at radius 1 is 0.962 bits per heavy atom. The Balaban J connectivity index is 1.72. The molecule has 128 valence electrons. The highest BCUT2D eigenvalue weighted by molar-refractivity contribution is 5.76. The van der Waals surface area contributed by atoms with Gasteiger partial charge in [0.25, 0.3) is 5.69 Å². The summed E-state index contributed by atoms with van der Waals surface area (Å²) in [6, 6.07) is 20.7. The predicted molar refractivity (Wildman–Crippen MR) is 97.7 cm³/mol. The van der Waals surface area contributed by atoms with E-state index in [1.165, 1.54) is 0 Å². The van der Waals surface area contributed by atoms with Crippen LogP contribution in [0.2, 0.25) is 0 Å². The summed E-state index contributed by atoms with van der Waals surface area (Å²) >= 11 is 0. The molecule has 2 aromatic carbocycles. The summed E-state index contributed by atoms with van der Waals surface area (Å²) in [7, 11) is 0. The zero-order valence-electron chi connectivity index (χ0n) is 14.0. The molecule has 26 heavy (non-hydrogen) atoms. The van der Waals surface area contributed by atoms with E-state index in [9.17, 15) is 10.1 Å². The van der Waals surface area contributed by atoms with Crippen LogP contribution in [0.15, 0.2) is 79.1 Å². The van der Waals surface area contributed by atoms with Gasteiger partial charge in [-0.15, -0.1) is 0 Å². The largest absolute Gasteiger partial charge is 0.318 e. The lowest BCUT2D eigenvalue weighted by Crippen LogP contribution is -2.34. The fourth-order valence-corrected chi connectivity index (χ4v) is 3.03. The van der Waals surface area contributed by atoms with Crippen molar-refractivity contribution in [1.82, 2.24) is 9.55 Å². The van der Waals surface area contributed by atoms with Gasteiger partial charge in [-0.25, -0.2) is 4.98 Å². The molecule has 4 aromatic rings. The Labute approximate surface area is 150 Å². The standard InChI is InChI=1S/C20H17N4O2/c25-24(26)17-10-8-16(9-11-17)14-23-19-7-3-2-6-18(19)21-20(23)15-22-12-4-1-5-13-22/h1-13H,14-15H2/q+1. The molecule has 0 N–H and O–H groups in total. The van der Waals surface area contributed by atoms with E-state index in [0.29, 0.717) is 13.1 Å². The fraction of sp³-hybridized carbons (Fsp3) is 0.100. The van der Waals surface area contributed by atoms with E-state index in [1.807, 2.05) is 54.9 Å². The van der Waals surface area contributed by atoms with Crippen LogP contribution in [0.25, 0.3) is 11.0 Å². The zero-order chi connectivity index (χ0) is 17.9. The fourth-order valence-electron chi connectivity index (χ4n) is 3.03. The molecule has 2 heterocycles. The van der Waals surface area contributed by atoms with E-state index >= 15 is 0 Å². The highest BCUT2D eigenvalue weighted by Gasteiger charge is 2.15. The third-order valence-corrected chi connectivity index (χ3v) is 4.32. The number of non-ortho nitro benzene ring substituents is 1. The number of aromatic nitrogens is 3. The summed E-state index contributed by atoms with van der Waals surface area (Å²) in [5, 5.41) is 10.8. The Bertz CT molecular complexity index is 1060. The minimum absolute atomic E-state index is 0.101. The van der Waals surface area contributed by atoms with E-state index < -0.39 is 0 Å². The summed E-state index contributed by atoms with van der Waals surface area (Å²) < 4.78 is 4.24. The van der Waals surface area contributed by atoms with E-state index in [0.717, 1.165) is 22.4 Å². The third kappa shape index (κ3) is 3.17. The van der Waals surface area contributed by atoms with Gasteiger partial charge >= 0.3 is 0 Å². The Morgan fingerprint density at radius 3 is 2.42 bits per heavy atom. The number of rotatable bonds is 5. The van der Waals surface area contributed by atoms with E-state index in [4.69, 9.17) is 4.98 Å². The van der Waals surface area contributed by atoms with Crippen molar-refractivity contribution in [1.29, 1.82) is 0 Å². The molecule has 0 bridgehead atoms. The molecule has 6 heteroatoms. The molecule has 0 spiro atoms. The van der Waals surface area contributed by atoms with Crippen molar-refractivity contribution < 1.29 is 9.49 Å². The van der Waals surface area contributed by atoms with Gasteiger partial charge in [-0.2, -0.15) is 4.57 Å². The molecular weight excluding hydrogens is 328 g/mol. The first-order valence-corrected chi connectivity index (χ1v) is 8.32. The number of para-hydroxylation sites is 2. The minimum Gasteiger partial charge on any atom is -0.318 e. The molecule has 6 nitrogen and oxygen atoms in total. The van der Waals surface area contributed by atoms with Crippen molar-refractivity contribution in [3.05, 3.63) is 101 Å². The smallest absolute Gasteiger partial charge is 0.269 e. The SMILES string of the molecule is O=[N+]([O-])c1ccc(Cn2c(C[n+]3ccccc3)nc3ccccc32)cc1. The number of fused-ring (bicyclic) bond motifs is 1. The topological polar surface area (TPSA) is 64.8 Å². The van der Waals surface area contributed by atoms with Crippen LogP contribution in [-0.4, -0.2) is 14.5 Å². The van der Waals surface area contributed by atoms with Gasteiger partial charge in [-0.1, -0.05) is 30.3 Å². The number of benzene rings is 2. The summed E-state index contributed by atoms with van der Waals surface area (Å²) in [4.78, 5) is 15.3. The van der Waals surface area contributed by atoms with Crippen molar-refractivity contribution in [2.24, 2.45) is 0 Å². The summed E-state index contributed by atoms with van der Waals surface area (Å²) in [6.07, 6.45) is 4.02. The molecule has 0 aliphatic carbocycles. The number of nitrogens with zero attached hydrogens (tertiary/aromatic N) is 4. The van der Waals surface area contributed by atoms with E-state index in [1.54, 1.807) is 24.3 Å². The molecule has 0 atom stereocenters. The van der Waals surface area contributed by atoms with Crippen molar-refractivity contribution >= 4 is 16.7 Å². The Hall–Kier alpha value is -3.54. The predicted octanol–water partition coefficient (Wildman–Crippen LogP) is 3.33. The molecule has 0 saturated carbocycles. The second-order valence-corrected chi connectivity index (χ2v) is 6.07. The summed E-state index contributed by atoms with van der Waals surface area (Å²) in [6.45, 7) is 1.27. The lowest BCUT2D eigenvalue weighted by Gasteiger charge is -2.08. The second kappa shape index (κ2) is 6.76. The third-order valence-electron chi connectivity index (χ3n) is 4.32. The van der Waals surface area contributed by atoms with Crippen molar-refractivity contribution in [2.75, 3.05) is 0 Å². The summed E-state index contributed by atoms with van der Waals surface area (Å²) in [5.41, 5.74) is 3.10. The minimum atomic E-state index is -0.381. The second-order valence-electron chi connectivity index (χ2n) is 6.07. The van der Waals surface area contributed by atoms with Gasteiger partial charge in [0.1, 0.15) is 0 Å². The lowest BCUT2D eigenvalue weighted by atomic mass is 10.2. The van der Waals surface area contributed by atoms with Gasteiger partial charge in [0.2, 0.25) is 6.54 Å². The van der Waals surface area contributed by atoms with E-state index in [2.05, 4.69) is 9.13 Å². The molecule has 0 saturated heterocycles.